The zero-order valence-corrected chi connectivity index (χ0v) is 20.5. The Hall–Kier alpha value is -2.64. The summed E-state index contributed by atoms with van der Waals surface area (Å²) in [4.78, 5) is 3.98. The highest BCUT2D eigenvalue weighted by atomic mass is 32.2. The van der Waals surface area contributed by atoms with Crippen molar-refractivity contribution in [3.63, 3.8) is 0 Å². The molecule has 180 valence electrons. The second kappa shape index (κ2) is 9.92. The van der Waals surface area contributed by atoms with Gasteiger partial charge in [0.25, 0.3) is 10.0 Å². The summed E-state index contributed by atoms with van der Waals surface area (Å²) < 4.78 is 35.8. The van der Waals surface area contributed by atoms with E-state index < -0.39 is 10.0 Å². The molecule has 1 aliphatic heterocycles. The van der Waals surface area contributed by atoms with Gasteiger partial charge in [-0.1, -0.05) is 68.1 Å². The Kier molecular flexibility index (Phi) is 6.75. The molecule has 2 aromatic carbocycles. The van der Waals surface area contributed by atoms with E-state index in [0.29, 0.717) is 11.8 Å². The van der Waals surface area contributed by atoms with Gasteiger partial charge in [0.15, 0.2) is 5.03 Å². The highest BCUT2D eigenvalue weighted by Crippen LogP contribution is 2.43. The van der Waals surface area contributed by atoms with E-state index in [9.17, 15) is 8.42 Å². The van der Waals surface area contributed by atoms with Crippen LogP contribution in [0.4, 0.5) is 0 Å². The molecule has 34 heavy (non-hydrogen) atoms. The molecule has 1 aromatic heterocycles. The predicted octanol–water partition coefficient (Wildman–Crippen LogP) is 4.81. The molecule has 2 unspecified atom stereocenters. The highest BCUT2D eigenvalue weighted by molar-refractivity contribution is 7.89. The van der Waals surface area contributed by atoms with Crippen molar-refractivity contribution in [3.05, 3.63) is 77.7 Å². The normalized spacial score (nSPS) is 20.4. The third-order valence-corrected chi connectivity index (χ3v) is 8.67. The maximum atomic E-state index is 12.6. The molecule has 2 aliphatic rings. The molecule has 7 heteroatoms. The number of sulfonamides is 1. The van der Waals surface area contributed by atoms with E-state index in [0.717, 1.165) is 30.3 Å². The predicted molar refractivity (Wildman–Crippen MR) is 132 cm³/mol. The van der Waals surface area contributed by atoms with Crippen LogP contribution in [0.3, 0.4) is 0 Å². The SMILES string of the molecule is Cn1cnc(S(=O)(=O)NCc2ccc3c(c2)C(Cc2ccccc2)C(CCC2CCC2)CO3)c1. The van der Waals surface area contributed by atoms with Crippen LogP contribution in [-0.4, -0.2) is 24.6 Å². The van der Waals surface area contributed by atoms with Gasteiger partial charge in [-0.05, 0) is 47.4 Å². The molecule has 1 aliphatic carbocycles. The number of imidazole rings is 1. The first kappa shape index (κ1) is 23.1. The van der Waals surface area contributed by atoms with E-state index in [1.54, 1.807) is 11.6 Å². The zero-order valence-electron chi connectivity index (χ0n) is 19.7. The van der Waals surface area contributed by atoms with Crippen molar-refractivity contribution in [2.45, 2.75) is 56.0 Å². The molecular weight excluding hydrogens is 446 g/mol. The molecule has 1 N–H and O–H groups in total. The van der Waals surface area contributed by atoms with Crippen molar-refractivity contribution in [2.24, 2.45) is 18.9 Å². The molecule has 2 heterocycles. The lowest BCUT2D eigenvalue weighted by atomic mass is 9.74. The van der Waals surface area contributed by atoms with Crippen LogP contribution < -0.4 is 9.46 Å². The fraction of sp³-hybridized carbons (Fsp3) is 0.444. The maximum absolute atomic E-state index is 12.6. The summed E-state index contributed by atoms with van der Waals surface area (Å²) >= 11 is 0. The number of hydrogen-bond acceptors (Lipinski definition) is 4. The lowest BCUT2D eigenvalue weighted by Gasteiger charge is -2.36. The second-order valence-corrected chi connectivity index (χ2v) is 11.5. The van der Waals surface area contributed by atoms with Gasteiger partial charge < -0.3 is 9.30 Å². The van der Waals surface area contributed by atoms with Crippen LogP contribution in [0.25, 0.3) is 0 Å². The van der Waals surface area contributed by atoms with Crippen LogP contribution in [0, 0.1) is 11.8 Å². The van der Waals surface area contributed by atoms with E-state index in [1.165, 1.54) is 55.8 Å². The lowest BCUT2D eigenvalue weighted by Crippen LogP contribution is -2.29. The Bertz CT molecular complexity index is 1220. The number of ether oxygens (including phenoxy) is 1. The first-order valence-electron chi connectivity index (χ1n) is 12.2. The summed E-state index contributed by atoms with van der Waals surface area (Å²) in [5.74, 6) is 2.63. The summed E-state index contributed by atoms with van der Waals surface area (Å²) in [6.07, 6.45) is 10.5. The number of nitrogens with one attached hydrogen (secondary N) is 1. The Labute approximate surface area is 202 Å². The number of benzene rings is 2. The van der Waals surface area contributed by atoms with Crippen molar-refractivity contribution in [2.75, 3.05) is 6.61 Å². The average molecular weight is 480 g/mol. The first-order valence-corrected chi connectivity index (χ1v) is 13.7. The number of nitrogens with zero attached hydrogens (tertiary/aromatic N) is 2. The van der Waals surface area contributed by atoms with Gasteiger partial charge in [0.2, 0.25) is 0 Å². The number of aryl methyl sites for hydroxylation is 1. The van der Waals surface area contributed by atoms with Gasteiger partial charge in [-0.3, -0.25) is 0 Å². The third-order valence-electron chi connectivity index (χ3n) is 7.39. The van der Waals surface area contributed by atoms with Crippen LogP contribution in [-0.2, 0) is 30.0 Å². The van der Waals surface area contributed by atoms with Gasteiger partial charge in [-0.2, -0.15) is 0 Å². The molecular formula is C27H33N3O3S. The lowest BCUT2D eigenvalue weighted by molar-refractivity contribution is 0.165. The molecule has 1 saturated carbocycles. The van der Waals surface area contributed by atoms with Gasteiger partial charge in [-0.15, -0.1) is 0 Å². The topological polar surface area (TPSA) is 73.2 Å². The molecule has 1 fully saturated rings. The molecule has 0 amide bonds. The molecule has 6 nitrogen and oxygen atoms in total. The Morgan fingerprint density at radius 3 is 2.62 bits per heavy atom. The van der Waals surface area contributed by atoms with Crippen molar-refractivity contribution in [1.82, 2.24) is 14.3 Å². The third kappa shape index (κ3) is 5.20. The first-order chi connectivity index (χ1) is 16.5. The highest BCUT2D eigenvalue weighted by Gasteiger charge is 2.32. The summed E-state index contributed by atoms with van der Waals surface area (Å²) in [6.45, 7) is 0.972. The largest absolute Gasteiger partial charge is 0.493 e. The fourth-order valence-corrected chi connectivity index (χ4v) is 6.13. The molecule has 2 atom stereocenters. The zero-order chi connectivity index (χ0) is 23.5. The standard InChI is InChI=1S/C27H33N3O3S/c1-30-17-27(28-19-30)34(31,32)29-16-22-11-13-26-25(15-22)24(14-21-6-3-2-4-7-21)23(18-33-26)12-10-20-8-5-9-20/h2-4,6-7,11,13,15,17,19-20,23-24,29H,5,8-10,12,14,16,18H2,1H3. The Morgan fingerprint density at radius 2 is 1.91 bits per heavy atom. The van der Waals surface area contributed by atoms with E-state index in [2.05, 4.69) is 46.1 Å². The van der Waals surface area contributed by atoms with Gasteiger partial charge >= 0.3 is 0 Å². The summed E-state index contributed by atoms with van der Waals surface area (Å²) in [6, 6.07) is 16.7. The van der Waals surface area contributed by atoms with E-state index in [1.807, 2.05) is 12.1 Å². The minimum Gasteiger partial charge on any atom is -0.493 e. The van der Waals surface area contributed by atoms with Crippen molar-refractivity contribution in [1.29, 1.82) is 0 Å². The van der Waals surface area contributed by atoms with Gasteiger partial charge in [-0.25, -0.2) is 18.1 Å². The van der Waals surface area contributed by atoms with E-state index in [4.69, 9.17) is 4.74 Å². The average Bonchev–Trinajstić information content (AvgIpc) is 3.26. The summed E-state index contributed by atoms with van der Waals surface area (Å²) in [5.41, 5.74) is 3.46. The van der Waals surface area contributed by atoms with Crippen molar-refractivity contribution in [3.8, 4) is 5.75 Å². The molecule has 0 spiro atoms. The summed E-state index contributed by atoms with van der Waals surface area (Å²) in [5, 5.41) is 0.0364. The van der Waals surface area contributed by atoms with Gasteiger partial charge in [0.1, 0.15) is 5.75 Å². The second-order valence-electron chi connectivity index (χ2n) is 9.82. The van der Waals surface area contributed by atoms with E-state index >= 15 is 0 Å². The van der Waals surface area contributed by atoms with Gasteiger partial charge in [0, 0.05) is 25.7 Å². The molecule has 0 radical (unpaired) electrons. The Balaban J connectivity index is 1.36. The fourth-order valence-electron chi connectivity index (χ4n) is 5.14. The molecule has 5 rings (SSSR count). The molecule has 3 aromatic rings. The smallest absolute Gasteiger partial charge is 0.259 e. The van der Waals surface area contributed by atoms with Crippen LogP contribution in [0.1, 0.15) is 54.7 Å². The van der Waals surface area contributed by atoms with E-state index in [-0.39, 0.29) is 11.6 Å². The van der Waals surface area contributed by atoms with Crippen molar-refractivity contribution >= 4 is 10.0 Å². The van der Waals surface area contributed by atoms with Crippen molar-refractivity contribution < 1.29 is 13.2 Å². The van der Waals surface area contributed by atoms with Gasteiger partial charge in [0.05, 0.1) is 12.9 Å². The van der Waals surface area contributed by atoms with Crippen LogP contribution in [0.2, 0.25) is 0 Å². The Morgan fingerprint density at radius 1 is 1.09 bits per heavy atom. The number of rotatable bonds is 9. The minimum atomic E-state index is -3.66. The minimum absolute atomic E-state index is 0.0364. The van der Waals surface area contributed by atoms with Crippen LogP contribution in [0.15, 0.2) is 66.1 Å². The number of aromatic nitrogens is 2. The number of hydrogen-bond donors (Lipinski definition) is 1. The maximum Gasteiger partial charge on any atom is 0.259 e. The molecule has 0 bridgehead atoms. The number of fused-ring (bicyclic) bond motifs is 1. The quantitative estimate of drug-likeness (QED) is 0.478. The summed E-state index contributed by atoms with van der Waals surface area (Å²) in [7, 11) is -1.91. The van der Waals surface area contributed by atoms with Crippen LogP contribution >= 0.6 is 0 Å². The van der Waals surface area contributed by atoms with Crippen LogP contribution in [0.5, 0.6) is 5.75 Å². The molecule has 0 saturated heterocycles. The monoisotopic (exact) mass is 479 g/mol.